The van der Waals surface area contributed by atoms with E-state index in [1.807, 2.05) is 18.5 Å². The molecule has 0 fully saturated rings. The van der Waals surface area contributed by atoms with Gasteiger partial charge < -0.3 is 10.1 Å². The molecule has 0 aromatic carbocycles. The van der Waals surface area contributed by atoms with E-state index >= 15 is 0 Å². The molecule has 0 radical (unpaired) electrons. The maximum Gasteiger partial charge on any atom is 0.0484 e. The molecular weight excluding hydrogens is 212 g/mol. The van der Waals surface area contributed by atoms with E-state index in [-0.39, 0.29) is 0 Å². The van der Waals surface area contributed by atoms with E-state index in [9.17, 15) is 0 Å². The van der Waals surface area contributed by atoms with Crippen molar-refractivity contribution < 1.29 is 4.74 Å². The zero-order valence-corrected chi connectivity index (χ0v) is 11.0. The van der Waals surface area contributed by atoms with E-state index in [0.29, 0.717) is 6.04 Å². The summed E-state index contributed by atoms with van der Waals surface area (Å²) in [5, 5.41) is 3.54. The van der Waals surface area contributed by atoms with E-state index in [1.165, 1.54) is 5.56 Å². The first kappa shape index (κ1) is 14.1. The van der Waals surface area contributed by atoms with Crippen LogP contribution >= 0.6 is 0 Å². The molecular formula is C14H24N2O. The summed E-state index contributed by atoms with van der Waals surface area (Å²) >= 11 is 0. The molecule has 0 aliphatic heterocycles. The van der Waals surface area contributed by atoms with Crippen LogP contribution in [-0.2, 0) is 4.74 Å². The molecule has 0 saturated carbocycles. The molecule has 1 heterocycles. The molecule has 0 spiro atoms. The second kappa shape index (κ2) is 9.14. The fourth-order valence-corrected chi connectivity index (χ4v) is 1.73. The Morgan fingerprint density at radius 1 is 1.29 bits per heavy atom. The molecule has 17 heavy (non-hydrogen) atoms. The smallest absolute Gasteiger partial charge is 0.0484 e. The Kier molecular flexibility index (Phi) is 7.60. The minimum absolute atomic E-state index is 0.362. The van der Waals surface area contributed by atoms with Crippen LogP contribution in [-0.4, -0.2) is 24.7 Å². The van der Waals surface area contributed by atoms with E-state index < -0.39 is 0 Å². The summed E-state index contributed by atoms with van der Waals surface area (Å²) < 4.78 is 5.55. The fourth-order valence-electron chi connectivity index (χ4n) is 1.73. The SMILES string of the molecule is CCCNC(CCOCCC)c1cccnc1. The van der Waals surface area contributed by atoms with Crippen LogP contribution in [0.5, 0.6) is 0 Å². The van der Waals surface area contributed by atoms with Crippen molar-refractivity contribution in [3.63, 3.8) is 0 Å². The molecule has 0 aliphatic carbocycles. The lowest BCUT2D eigenvalue weighted by Crippen LogP contribution is -2.23. The van der Waals surface area contributed by atoms with Gasteiger partial charge in [-0.25, -0.2) is 0 Å². The average Bonchev–Trinajstić information content (AvgIpc) is 2.39. The van der Waals surface area contributed by atoms with E-state index in [4.69, 9.17) is 4.74 Å². The summed E-state index contributed by atoms with van der Waals surface area (Å²) in [4.78, 5) is 4.18. The van der Waals surface area contributed by atoms with Crippen LogP contribution in [0.2, 0.25) is 0 Å². The van der Waals surface area contributed by atoms with Crippen LogP contribution < -0.4 is 5.32 Å². The van der Waals surface area contributed by atoms with Gasteiger partial charge in [0.05, 0.1) is 0 Å². The molecule has 3 nitrogen and oxygen atoms in total. The first-order valence-electron chi connectivity index (χ1n) is 6.59. The predicted octanol–water partition coefficient (Wildman–Crippen LogP) is 2.94. The van der Waals surface area contributed by atoms with Crippen LogP contribution in [0.4, 0.5) is 0 Å². The Balaban J connectivity index is 2.43. The molecule has 1 rings (SSSR count). The highest BCUT2D eigenvalue weighted by Gasteiger charge is 2.09. The van der Waals surface area contributed by atoms with Gasteiger partial charge in [-0.2, -0.15) is 0 Å². The monoisotopic (exact) mass is 236 g/mol. The number of rotatable bonds is 9. The Bertz CT molecular complexity index is 277. The molecule has 1 aromatic heterocycles. The molecule has 0 bridgehead atoms. The maximum absolute atomic E-state index is 5.55. The van der Waals surface area contributed by atoms with Gasteiger partial charge in [0.2, 0.25) is 0 Å². The molecule has 1 N–H and O–H groups in total. The van der Waals surface area contributed by atoms with Crippen LogP contribution in [0, 0.1) is 0 Å². The summed E-state index contributed by atoms with van der Waals surface area (Å²) in [6, 6.07) is 4.48. The third kappa shape index (κ3) is 5.80. The van der Waals surface area contributed by atoms with Gasteiger partial charge in [-0.1, -0.05) is 19.9 Å². The summed E-state index contributed by atoms with van der Waals surface area (Å²) in [5.41, 5.74) is 1.25. The van der Waals surface area contributed by atoms with Gasteiger partial charge >= 0.3 is 0 Å². The van der Waals surface area contributed by atoms with E-state index in [0.717, 1.165) is 39.0 Å². The lowest BCUT2D eigenvalue weighted by molar-refractivity contribution is 0.124. The molecule has 1 atom stereocenters. The van der Waals surface area contributed by atoms with Crippen molar-refractivity contribution in [1.82, 2.24) is 10.3 Å². The Labute approximate surface area is 105 Å². The molecule has 1 aromatic rings. The summed E-state index contributed by atoms with van der Waals surface area (Å²) in [6.07, 6.45) is 6.99. The van der Waals surface area contributed by atoms with Crippen molar-refractivity contribution in [2.24, 2.45) is 0 Å². The van der Waals surface area contributed by atoms with Gasteiger partial charge in [0.15, 0.2) is 0 Å². The van der Waals surface area contributed by atoms with Crippen molar-refractivity contribution in [3.05, 3.63) is 30.1 Å². The Hall–Kier alpha value is -0.930. The van der Waals surface area contributed by atoms with Gasteiger partial charge in [-0.15, -0.1) is 0 Å². The second-order valence-electron chi connectivity index (χ2n) is 4.19. The van der Waals surface area contributed by atoms with Gasteiger partial charge in [0.1, 0.15) is 0 Å². The van der Waals surface area contributed by atoms with Crippen molar-refractivity contribution in [2.75, 3.05) is 19.8 Å². The number of pyridine rings is 1. The van der Waals surface area contributed by atoms with Crippen molar-refractivity contribution in [1.29, 1.82) is 0 Å². The minimum Gasteiger partial charge on any atom is -0.381 e. The van der Waals surface area contributed by atoms with Crippen molar-refractivity contribution >= 4 is 0 Å². The van der Waals surface area contributed by atoms with Crippen molar-refractivity contribution in [2.45, 2.75) is 39.2 Å². The first-order valence-corrected chi connectivity index (χ1v) is 6.59. The second-order valence-corrected chi connectivity index (χ2v) is 4.19. The first-order chi connectivity index (χ1) is 8.38. The molecule has 0 aliphatic rings. The van der Waals surface area contributed by atoms with E-state index in [1.54, 1.807) is 0 Å². The quantitative estimate of drug-likeness (QED) is 0.669. The zero-order chi connectivity index (χ0) is 12.3. The third-order valence-corrected chi connectivity index (χ3v) is 2.63. The van der Waals surface area contributed by atoms with Crippen LogP contribution in [0.25, 0.3) is 0 Å². The third-order valence-electron chi connectivity index (χ3n) is 2.63. The number of hydrogen-bond acceptors (Lipinski definition) is 3. The fraction of sp³-hybridized carbons (Fsp3) is 0.643. The van der Waals surface area contributed by atoms with Gasteiger partial charge in [0, 0.05) is 31.6 Å². The molecule has 3 heteroatoms. The topological polar surface area (TPSA) is 34.1 Å². The normalized spacial score (nSPS) is 12.6. The molecule has 96 valence electrons. The predicted molar refractivity (Wildman–Crippen MR) is 71.0 cm³/mol. The molecule has 1 unspecified atom stereocenters. The van der Waals surface area contributed by atoms with Crippen LogP contribution in [0.3, 0.4) is 0 Å². The maximum atomic E-state index is 5.55. The average molecular weight is 236 g/mol. The highest BCUT2D eigenvalue weighted by Crippen LogP contribution is 2.15. The number of nitrogens with one attached hydrogen (secondary N) is 1. The minimum atomic E-state index is 0.362. The summed E-state index contributed by atoms with van der Waals surface area (Å²) in [6.45, 7) is 7.01. The number of nitrogens with zero attached hydrogens (tertiary/aromatic N) is 1. The van der Waals surface area contributed by atoms with Crippen LogP contribution in [0.1, 0.15) is 44.7 Å². The summed E-state index contributed by atoms with van der Waals surface area (Å²) in [7, 11) is 0. The van der Waals surface area contributed by atoms with Gasteiger partial charge in [0.25, 0.3) is 0 Å². The highest BCUT2D eigenvalue weighted by molar-refractivity contribution is 5.13. The largest absolute Gasteiger partial charge is 0.381 e. The van der Waals surface area contributed by atoms with Crippen LogP contribution in [0.15, 0.2) is 24.5 Å². The van der Waals surface area contributed by atoms with Gasteiger partial charge in [-0.05, 0) is 37.4 Å². The Morgan fingerprint density at radius 2 is 2.18 bits per heavy atom. The highest BCUT2D eigenvalue weighted by atomic mass is 16.5. The Morgan fingerprint density at radius 3 is 2.82 bits per heavy atom. The summed E-state index contributed by atoms with van der Waals surface area (Å²) in [5.74, 6) is 0. The molecule has 0 saturated heterocycles. The lowest BCUT2D eigenvalue weighted by Gasteiger charge is -2.18. The zero-order valence-electron chi connectivity index (χ0n) is 11.0. The lowest BCUT2D eigenvalue weighted by atomic mass is 10.1. The number of hydrogen-bond donors (Lipinski definition) is 1. The molecule has 0 amide bonds. The van der Waals surface area contributed by atoms with Crippen molar-refractivity contribution in [3.8, 4) is 0 Å². The number of aromatic nitrogens is 1. The number of ether oxygens (including phenoxy) is 1. The van der Waals surface area contributed by atoms with Gasteiger partial charge in [-0.3, -0.25) is 4.98 Å². The standard InChI is InChI=1S/C14H24N2O/c1-3-8-16-14(7-11-17-10-4-2)13-6-5-9-15-12-13/h5-6,9,12,14,16H,3-4,7-8,10-11H2,1-2H3. The van der Waals surface area contributed by atoms with E-state index in [2.05, 4.69) is 30.2 Å².